The molecule has 0 radical (unpaired) electrons. The molecule has 1 heterocycles. The summed E-state index contributed by atoms with van der Waals surface area (Å²) in [7, 11) is 0. The largest absolute Gasteiger partial charge is 0.441 e. The van der Waals surface area contributed by atoms with Crippen molar-refractivity contribution in [2.24, 2.45) is 5.92 Å². The Balaban J connectivity index is 2.13. The van der Waals surface area contributed by atoms with E-state index in [0.29, 0.717) is 0 Å². The highest BCUT2D eigenvalue weighted by Gasteiger charge is 2.29. The molecule has 0 spiro atoms. The first-order valence-electron chi connectivity index (χ1n) is 3.99. The summed E-state index contributed by atoms with van der Waals surface area (Å²) in [5, 5.41) is 3.12. The first-order chi connectivity index (χ1) is 5.58. The van der Waals surface area contributed by atoms with Crippen molar-refractivity contribution in [2.75, 3.05) is 18.8 Å². The molecule has 1 aliphatic rings. The molecule has 1 nitrogen and oxygen atoms in total. The number of hydrogen-bond acceptors (Lipinski definition) is 2. The number of rotatable bonds is 2. The summed E-state index contributed by atoms with van der Waals surface area (Å²) in [5.41, 5.74) is -4.05. The molecule has 0 aromatic rings. The van der Waals surface area contributed by atoms with Gasteiger partial charge in [-0.25, -0.2) is 0 Å². The highest BCUT2D eigenvalue weighted by atomic mass is 32.2. The van der Waals surface area contributed by atoms with E-state index in [1.165, 1.54) is 0 Å². The number of halogens is 3. The van der Waals surface area contributed by atoms with Gasteiger partial charge in [-0.05, 0) is 31.8 Å². The summed E-state index contributed by atoms with van der Waals surface area (Å²) in [6.45, 7) is 1.73. The fourth-order valence-electron chi connectivity index (χ4n) is 1.26. The number of nitrogens with one attached hydrogen (secondary N) is 1. The fourth-order valence-corrected chi connectivity index (χ4v) is 2.02. The van der Waals surface area contributed by atoms with Crippen LogP contribution in [0.1, 0.15) is 12.8 Å². The molecule has 0 amide bonds. The van der Waals surface area contributed by atoms with Crippen LogP contribution in [0.3, 0.4) is 0 Å². The van der Waals surface area contributed by atoms with Crippen LogP contribution in [-0.4, -0.2) is 24.4 Å². The normalized spacial score (nSPS) is 21.2. The summed E-state index contributed by atoms with van der Waals surface area (Å²) in [4.78, 5) is 0. The predicted octanol–water partition coefficient (Wildman–Crippen LogP) is 2.24. The van der Waals surface area contributed by atoms with Crippen molar-refractivity contribution in [3.05, 3.63) is 0 Å². The highest BCUT2D eigenvalue weighted by molar-refractivity contribution is 8.00. The van der Waals surface area contributed by atoms with Crippen LogP contribution in [0.25, 0.3) is 0 Å². The standard InChI is InChI=1S/C7H12F3NS/c8-7(9,10)12-5-6-1-3-11-4-2-6/h6,11H,1-5H2. The molecule has 0 saturated carbocycles. The molecule has 0 aromatic heterocycles. The van der Waals surface area contributed by atoms with Crippen LogP contribution >= 0.6 is 11.8 Å². The fraction of sp³-hybridized carbons (Fsp3) is 1.00. The zero-order chi connectivity index (χ0) is 9.03. The van der Waals surface area contributed by atoms with E-state index >= 15 is 0 Å². The molecule has 0 bridgehead atoms. The molecule has 0 unspecified atom stereocenters. The maximum absolute atomic E-state index is 11.8. The van der Waals surface area contributed by atoms with E-state index in [1.54, 1.807) is 0 Å². The van der Waals surface area contributed by atoms with E-state index in [-0.39, 0.29) is 23.4 Å². The Kier molecular flexibility index (Phi) is 3.71. The Morgan fingerprint density at radius 2 is 1.83 bits per heavy atom. The first-order valence-corrected chi connectivity index (χ1v) is 4.98. The van der Waals surface area contributed by atoms with Crippen molar-refractivity contribution < 1.29 is 13.2 Å². The maximum Gasteiger partial charge on any atom is 0.441 e. The number of thioether (sulfide) groups is 1. The van der Waals surface area contributed by atoms with Crippen LogP contribution in [0, 0.1) is 5.92 Å². The summed E-state index contributed by atoms with van der Waals surface area (Å²) in [6, 6.07) is 0. The molecule has 12 heavy (non-hydrogen) atoms. The van der Waals surface area contributed by atoms with Gasteiger partial charge in [-0.3, -0.25) is 0 Å². The molecule has 1 saturated heterocycles. The van der Waals surface area contributed by atoms with Crippen molar-refractivity contribution >= 4 is 11.8 Å². The molecular weight excluding hydrogens is 187 g/mol. The van der Waals surface area contributed by atoms with Crippen LogP contribution in [0.2, 0.25) is 0 Å². The van der Waals surface area contributed by atoms with Gasteiger partial charge in [0, 0.05) is 5.75 Å². The van der Waals surface area contributed by atoms with E-state index < -0.39 is 5.51 Å². The van der Waals surface area contributed by atoms with E-state index in [9.17, 15) is 13.2 Å². The van der Waals surface area contributed by atoms with Crippen molar-refractivity contribution in [3.8, 4) is 0 Å². The lowest BCUT2D eigenvalue weighted by Crippen LogP contribution is -2.29. The lowest BCUT2D eigenvalue weighted by molar-refractivity contribution is -0.0330. The third kappa shape index (κ3) is 4.21. The summed E-state index contributed by atoms with van der Waals surface area (Å²) < 4.78 is 35.3. The minimum atomic E-state index is -4.05. The molecule has 0 aromatic carbocycles. The Morgan fingerprint density at radius 1 is 1.25 bits per heavy atom. The van der Waals surface area contributed by atoms with Gasteiger partial charge in [-0.2, -0.15) is 13.2 Å². The van der Waals surface area contributed by atoms with Crippen LogP contribution in [-0.2, 0) is 0 Å². The van der Waals surface area contributed by atoms with Crippen LogP contribution < -0.4 is 5.32 Å². The van der Waals surface area contributed by atoms with Crippen LogP contribution in [0.4, 0.5) is 13.2 Å². The average Bonchev–Trinajstić information content (AvgIpc) is 2.02. The lowest BCUT2D eigenvalue weighted by atomic mass is 10.0. The number of hydrogen-bond donors (Lipinski definition) is 1. The van der Waals surface area contributed by atoms with E-state index in [0.717, 1.165) is 25.9 Å². The van der Waals surface area contributed by atoms with Crippen molar-refractivity contribution in [1.82, 2.24) is 5.32 Å². The second kappa shape index (κ2) is 4.37. The van der Waals surface area contributed by atoms with Crippen molar-refractivity contribution in [3.63, 3.8) is 0 Å². The topological polar surface area (TPSA) is 12.0 Å². The zero-order valence-corrected chi connectivity index (χ0v) is 7.47. The average molecular weight is 199 g/mol. The third-order valence-corrected chi connectivity index (χ3v) is 2.91. The van der Waals surface area contributed by atoms with Gasteiger partial charge < -0.3 is 5.32 Å². The molecule has 0 atom stereocenters. The monoisotopic (exact) mass is 199 g/mol. The minimum absolute atomic E-state index is 0.112. The summed E-state index contributed by atoms with van der Waals surface area (Å²) in [6.07, 6.45) is 1.76. The molecule has 1 aliphatic heterocycles. The van der Waals surface area contributed by atoms with Crippen LogP contribution in [0.15, 0.2) is 0 Å². The van der Waals surface area contributed by atoms with Gasteiger partial charge in [-0.15, -0.1) is 0 Å². The van der Waals surface area contributed by atoms with Gasteiger partial charge in [0.25, 0.3) is 0 Å². The highest BCUT2D eigenvalue weighted by Crippen LogP contribution is 2.33. The minimum Gasteiger partial charge on any atom is -0.317 e. The van der Waals surface area contributed by atoms with Crippen LogP contribution in [0.5, 0.6) is 0 Å². The van der Waals surface area contributed by atoms with Gasteiger partial charge in [0.05, 0.1) is 0 Å². The van der Waals surface area contributed by atoms with Crippen molar-refractivity contribution in [2.45, 2.75) is 18.3 Å². The van der Waals surface area contributed by atoms with Gasteiger partial charge in [-0.1, -0.05) is 11.8 Å². The SMILES string of the molecule is FC(F)(F)SCC1CCNCC1. The second-order valence-electron chi connectivity index (χ2n) is 2.95. The molecule has 0 aliphatic carbocycles. The molecule has 72 valence electrons. The predicted molar refractivity (Wildman–Crippen MR) is 44.1 cm³/mol. The Hall–Kier alpha value is 0.1000. The smallest absolute Gasteiger partial charge is 0.317 e. The van der Waals surface area contributed by atoms with Gasteiger partial charge in [0.15, 0.2) is 0 Å². The molecule has 1 fully saturated rings. The number of alkyl halides is 3. The van der Waals surface area contributed by atoms with Crippen molar-refractivity contribution in [1.29, 1.82) is 0 Å². The van der Waals surface area contributed by atoms with E-state index in [2.05, 4.69) is 5.32 Å². The van der Waals surface area contributed by atoms with Gasteiger partial charge >= 0.3 is 5.51 Å². The Morgan fingerprint density at radius 3 is 2.33 bits per heavy atom. The Labute approximate surface area is 74.1 Å². The molecule has 1 N–H and O–H groups in total. The zero-order valence-electron chi connectivity index (χ0n) is 6.66. The summed E-state index contributed by atoms with van der Waals surface area (Å²) >= 11 is 0.112. The second-order valence-corrected chi connectivity index (χ2v) is 4.04. The third-order valence-electron chi connectivity index (χ3n) is 1.94. The molecule has 5 heteroatoms. The number of piperidine rings is 1. The van der Waals surface area contributed by atoms with Gasteiger partial charge in [0.1, 0.15) is 0 Å². The van der Waals surface area contributed by atoms with Gasteiger partial charge in [0.2, 0.25) is 0 Å². The molecule has 1 rings (SSSR count). The van der Waals surface area contributed by atoms with E-state index in [4.69, 9.17) is 0 Å². The first kappa shape index (κ1) is 10.2. The Bertz CT molecular complexity index is 131. The lowest BCUT2D eigenvalue weighted by Gasteiger charge is -2.22. The summed E-state index contributed by atoms with van der Waals surface area (Å²) in [5.74, 6) is 0.475. The van der Waals surface area contributed by atoms with E-state index in [1.807, 2.05) is 0 Å². The molecular formula is C7H12F3NS. The maximum atomic E-state index is 11.8. The quantitative estimate of drug-likeness (QED) is 0.732.